The summed E-state index contributed by atoms with van der Waals surface area (Å²) in [6, 6.07) is 10.6. The van der Waals surface area contributed by atoms with Crippen LogP contribution in [0, 0.1) is 5.92 Å². The summed E-state index contributed by atoms with van der Waals surface area (Å²) in [6.45, 7) is 8.74. The molecule has 1 aromatic rings. The molecule has 0 spiro atoms. The third kappa shape index (κ3) is 2.92. The fraction of sp³-hybridized carbons (Fsp3) is 0.357. The molecule has 0 aliphatic carbocycles. The smallest absolute Gasteiger partial charge is 0.126 e. The monoisotopic (exact) mass is 232 g/mol. The average Bonchev–Trinajstić information content (AvgIpc) is 2.29. The molecule has 0 unspecified atom stereocenters. The number of rotatable bonds is 4. The minimum absolute atomic E-state index is 0.0236. The number of carbonyl (C=O) groups is 1. The Labute approximate surface area is 99.2 Å². The molecular formula is C14H20OSi. The predicted octanol–water partition coefficient (Wildman–Crippen LogP) is 2.92. The molecule has 0 amide bonds. The van der Waals surface area contributed by atoms with E-state index in [-0.39, 0.29) is 5.92 Å². The van der Waals surface area contributed by atoms with Gasteiger partial charge in [0, 0.05) is 5.92 Å². The van der Waals surface area contributed by atoms with E-state index >= 15 is 0 Å². The van der Waals surface area contributed by atoms with E-state index in [2.05, 4.69) is 50.4 Å². The molecule has 16 heavy (non-hydrogen) atoms. The lowest BCUT2D eigenvalue weighted by Crippen LogP contribution is -2.43. The Balaban J connectivity index is 3.02. The highest BCUT2D eigenvalue weighted by Crippen LogP contribution is 2.16. The van der Waals surface area contributed by atoms with Gasteiger partial charge < -0.3 is 4.79 Å². The van der Waals surface area contributed by atoms with Crippen LogP contribution < -0.4 is 5.19 Å². The highest BCUT2D eigenvalue weighted by molar-refractivity contribution is 6.95. The van der Waals surface area contributed by atoms with Crippen LogP contribution in [0.3, 0.4) is 0 Å². The lowest BCUT2D eigenvalue weighted by Gasteiger charge is -2.24. The first-order valence-corrected chi connectivity index (χ1v) is 8.68. The molecule has 0 radical (unpaired) electrons. The van der Waals surface area contributed by atoms with Gasteiger partial charge in [0.2, 0.25) is 0 Å². The van der Waals surface area contributed by atoms with Crippen LogP contribution in [0.15, 0.2) is 41.6 Å². The fourth-order valence-electron chi connectivity index (χ4n) is 1.72. The molecule has 1 aromatic carbocycles. The topological polar surface area (TPSA) is 17.1 Å². The highest BCUT2D eigenvalue weighted by atomic mass is 28.3. The van der Waals surface area contributed by atoms with Gasteiger partial charge in [0.05, 0.1) is 0 Å². The molecule has 1 nitrogen and oxygen atoms in total. The van der Waals surface area contributed by atoms with Crippen molar-refractivity contribution in [1.29, 1.82) is 0 Å². The van der Waals surface area contributed by atoms with Crippen LogP contribution in [-0.4, -0.2) is 14.4 Å². The molecular weight excluding hydrogens is 212 g/mol. The number of aldehydes is 1. The third-order valence-electron chi connectivity index (χ3n) is 3.21. The van der Waals surface area contributed by atoms with Gasteiger partial charge in [0.25, 0.3) is 0 Å². The highest BCUT2D eigenvalue weighted by Gasteiger charge is 2.25. The molecule has 0 saturated heterocycles. The molecule has 0 bridgehead atoms. The zero-order valence-corrected chi connectivity index (χ0v) is 11.5. The van der Waals surface area contributed by atoms with Crippen molar-refractivity contribution in [1.82, 2.24) is 0 Å². The van der Waals surface area contributed by atoms with Gasteiger partial charge in [-0.15, -0.1) is 0 Å². The van der Waals surface area contributed by atoms with E-state index in [1.54, 1.807) is 0 Å². The van der Waals surface area contributed by atoms with E-state index in [1.165, 1.54) is 10.4 Å². The van der Waals surface area contributed by atoms with Crippen LogP contribution in [0.4, 0.5) is 0 Å². The summed E-state index contributed by atoms with van der Waals surface area (Å²) < 4.78 is 0. The van der Waals surface area contributed by atoms with Crippen molar-refractivity contribution in [3.8, 4) is 0 Å². The van der Waals surface area contributed by atoms with Gasteiger partial charge in [-0.3, -0.25) is 0 Å². The number of allylic oxidation sites excluding steroid dienone is 2. The van der Waals surface area contributed by atoms with Gasteiger partial charge in [0.15, 0.2) is 0 Å². The fourth-order valence-corrected chi connectivity index (χ4v) is 3.89. The Bertz CT molecular complexity index is 379. The SMILES string of the molecule is C/C(=C\[C@@H](C)C=O)[Si](C)(C)c1ccccc1. The first-order valence-electron chi connectivity index (χ1n) is 5.68. The van der Waals surface area contributed by atoms with Crippen molar-refractivity contribution in [2.24, 2.45) is 5.92 Å². The Kier molecular flexibility index (Phi) is 4.24. The Hall–Kier alpha value is -1.15. The van der Waals surface area contributed by atoms with Gasteiger partial charge in [-0.05, 0) is 6.92 Å². The molecule has 0 heterocycles. The predicted molar refractivity (Wildman–Crippen MR) is 72.5 cm³/mol. The number of hydrogen-bond donors (Lipinski definition) is 0. The molecule has 0 aromatic heterocycles. The van der Waals surface area contributed by atoms with Crippen LogP contribution >= 0.6 is 0 Å². The lowest BCUT2D eigenvalue weighted by molar-refractivity contribution is -0.109. The zero-order valence-electron chi connectivity index (χ0n) is 10.5. The molecule has 2 heteroatoms. The Morgan fingerprint density at radius 1 is 1.25 bits per heavy atom. The van der Waals surface area contributed by atoms with E-state index in [9.17, 15) is 4.79 Å². The standard InChI is InChI=1S/C14H20OSi/c1-12(11-15)10-13(2)16(3,4)14-8-6-5-7-9-14/h5-12H,1-4H3/b13-10+/t12-/m1/s1. The van der Waals surface area contributed by atoms with Crippen molar-refractivity contribution in [3.63, 3.8) is 0 Å². The summed E-state index contributed by atoms with van der Waals surface area (Å²) in [5.41, 5.74) is 0. The quantitative estimate of drug-likeness (QED) is 0.576. The molecule has 0 aliphatic heterocycles. The van der Waals surface area contributed by atoms with Crippen molar-refractivity contribution in [2.45, 2.75) is 26.9 Å². The maximum Gasteiger partial charge on any atom is 0.126 e. The van der Waals surface area contributed by atoms with Crippen LogP contribution in [0.1, 0.15) is 13.8 Å². The number of hydrogen-bond acceptors (Lipinski definition) is 1. The van der Waals surface area contributed by atoms with Crippen molar-refractivity contribution >= 4 is 19.5 Å². The largest absolute Gasteiger partial charge is 0.303 e. The average molecular weight is 232 g/mol. The Morgan fingerprint density at radius 3 is 2.31 bits per heavy atom. The maximum absolute atomic E-state index is 10.7. The first kappa shape index (κ1) is 12.9. The Morgan fingerprint density at radius 2 is 1.81 bits per heavy atom. The molecule has 1 rings (SSSR count). The van der Waals surface area contributed by atoms with Crippen molar-refractivity contribution in [3.05, 3.63) is 41.6 Å². The second-order valence-electron chi connectivity index (χ2n) is 4.84. The van der Waals surface area contributed by atoms with Crippen LogP contribution in [0.2, 0.25) is 13.1 Å². The zero-order chi connectivity index (χ0) is 12.2. The van der Waals surface area contributed by atoms with Crippen LogP contribution in [0.5, 0.6) is 0 Å². The summed E-state index contributed by atoms with van der Waals surface area (Å²) in [5, 5.41) is 2.79. The van der Waals surface area contributed by atoms with E-state index < -0.39 is 8.07 Å². The number of carbonyl (C=O) groups excluding carboxylic acids is 1. The summed E-state index contributed by atoms with van der Waals surface area (Å²) in [5.74, 6) is 0.0236. The summed E-state index contributed by atoms with van der Waals surface area (Å²) >= 11 is 0. The molecule has 0 N–H and O–H groups in total. The van der Waals surface area contributed by atoms with Gasteiger partial charge in [-0.2, -0.15) is 0 Å². The van der Waals surface area contributed by atoms with E-state index in [0.717, 1.165) is 6.29 Å². The second-order valence-corrected chi connectivity index (χ2v) is 9.45. The van der Waals surface area contributed by atoms with E-state index in [0.29, 0.717) is 0 Å². The molecule has 86 valence electrons. The third-order valence-corrected chi connectivity index (χ3v) is 7.12. The lowest BCUT2D eigenvalue weighted by atomic mass is 10.2. The molecule has 0 saturated carbocycles. The van der Waals surface area contributed by atoms with Crippen LogP contribution in [-0.2, 0) is 4.79 Å². The van der Waals surface area contributed by atoms with Crippen molar-refractivity contribution < 1.29 is 4.79 Å². The van der Waals surface area contributed by atoms with Gasteiger partial charge >= 0.3 is 0 Å². The summed E-state index contributed by atoms with van der Waals surface area (Å²) in [4.78, 5) is 10.7. The summed E-state index contributed by atoms with van der Waals surface area (Å²) in [7, 11) is -1.56. The van der Waals surface area contributed by atoms with Crippen molar-refractivity contribution in [2.75, 3.05) is 0 Å². The normalized spacial score (nSPS) is 14.6. The van der Waals surface area contributed by atoms with E-state index in [4.69, 9.17) is 0 Å². The van der Waals surface area contributed by atoms with Gasteiger partial charge in [0.1, 0.15) is 14.4 Å². The second kappa shape index (κ2) is 5.26. The molecule has 0 aliphatic rings. The van der Waals surface area contributed by atoms with Crippen LogP contribution in [0.25, 0.3) is 0 Å². The number of benzene rings is 1. The first-order chi connectivity index (χ1) is 7.48. The molecule has 0 fully saturated rings. The molecule has 1 atom stereocenters. The van der Waals surface area contributed by atoms with Gasteiger partial charge in [-0.1, -0.05) is 66.8 Å². The van der Waals surface area contributed by atoms with Gasteiger partial charge in [-0.25, -0.2) is 0 Å². The minimum Gasteiger partial charge on any atom is -0.303 e. The minimum atomic E-state index is -1.56. The maximum atomic E-state index is 10.7. The summed E-state index contributed by atoms with van der Waals surface area (Å²) in [6.07, 6.45) is 3.10. The van der Waals surface area contributed by atoms with E-state index in [1.807, 2.05) is 13.0 Å².